The Bertz CT molecular complexity index is 1150. The number of halogens is 3. The van der Waals surface area contributed by atoms with E-state index in [0.717, 1.165) is 53.8 Å². The number of aromatic nitrogens is 3. The van der Waals surface area contributed by atoms with Crippen LogP contribution in [0.25, 0.3) is 22.2 Å². The number of benzene rings is 1. The van der Waals surface area contributed by atoms with Gasteiger partial charge in [-0.2, -0.15) is 18.4 Å². The SMILES string of the molecule is Cc1nc(-c2c[nH]c3c(C#N)cccc23)cnc1OC1CCCNC1.O=C(O)C(F)(F)F. The second kappa shape index (κ2) is 9.65. The molecular weight excluding hydrogens is 427 g/mol. The van der Waals surface area contributed by atoms with Gasteiger partial charge in [-0.1, -0.05) is 12.1 Å². The molecule has 0 saturated carbocycles. The van der Waals surface area contributed by atoms with Gasteiger partial charge < -0.3 is 20.1 Å². The van der Waals surface area contributed by atoms with E-state index in [0.29, 0.717) is 11.4 Å². The highest BCUT2D eigenvalue weighted by Gasteiger charge is 2.38. The maximum absolute atomic E-state index is 10.6. The summed E-state index contributed by atoms with van der Waals surface area (Å²) < 4.78 is 37.7. The molecule has 1 saturated heterocycles. The molecule has 1 aromatic carbocycles. The van der Waals surface area contributed by atoms with Gasteiger partial charge in [-0.05, 0) is 32.4 Å². The first-order valence-electron chi connectivity index (χ1n) is 9.72. The van der Waals surface area contributed by atoms with Crippen molar-refractivity contribution in [3.8, 4) is 23.2 Å². The number of hydrogen-bond donors (Lipinski definition) is 3. The lowest BCUT2D eigenvalue weighted by Gasteiger charge is -2.23. The van der Waals surface area contributed by atoms with E-state index in [2.05, 4.69) is 26.3 Å². The van der Waals surface area contributed by atoms with E-state index >= 15 is 0 Å². The Balaban J connectivity index is 0.000000360. The van der Waals surface area contributed by atoms with Gasteiger partial charge in [-0.3, -0.25) is 0 Å². The number of H-pyrrole nitrogens is 1. The normalized spacial score (nSPS) is 16.0. The first-order chi connectivity index (χ1) is 15.2. The summed E-state index contributed by atoms with van der Waals surface area (Å²) >= 11 is 0. The van der Waals surface area contributed by atoms with Crippen LogP contribution in [0.4, 0.5) is 13.2 Å². The number of carbonyl (C=O) groups is 1. The zero-order chi connectivity index (χ0) is 23.3. The summed E-state index contributed by atoms with van der Waals surface area (Å²) in [6.07, 6.45) is 0.834. The molecule has 0 spiro atoms. The minimum atomic E-state index is -5.08. The molecule has 0 radical (unpaired) electrons. The van der Waals surface area contributed by atoms with Crippen LogP contribution in [0.2, 0.25) is 0 Å². The van der Waals surface area contributed by atoms with Crippen LogP contribution < -0.4 is 10.1 Å². The molecule has 8 nitrogen and oxygen atoms in total. The third-order valence-corrected chi connectivity index (χ3v) is 4.79. The molecule has 3 aromatic rings. The van der Waals surface area contributed by atoms with Gasteiger partial charge in [0.1, 0.15) is 17.9 Å². The Labute approximate surface area is 181 Å². The van der Waals surface area contributed by atoms with E-state index in [1.807, 2.05) is 25.3 Å². The monoisotopic (exact) mass is 447 g/mol. The average Bonchev–Trinajstić information content (AvgIpc) is 3.20. The average molecular weight is 447 g/mol. The second-order valence-corrected chi connectivity index (χ2v) is 7.08. The fourth-order valence-corrected chi connectivity index (χ4v) is 3.25. The maximum atomic E-state index is 10.6. The van der Waals surface area contributed by atoms with Crippen LogP contribution in [-0.4, -0.2) is 51.4 Å². The number of para-hydroxylation sites is 1. The highest BCUT2D eigenvalue weighted by molar-refractivity contribution is 5.97. The van der Waals surface area contributed by atoms with Crippen LogP contribution in [0.15, 0.2) is 30.6 Å². The summed E-state index contributed by atoms with van der Waals surface area (Å²) in [7, 11) is 0. The van der Waals surface area contributed by atoms with Crippen LogP contribution >= 0.6 is 0 Å². The van der Waals surface area contributed by atoms with Crippen molar-refractivity contribution in [2.24, 2.45) is 0 Å². The molecule has 1 unspecified atom stereocenters. The van der Waals surface area contributed by atoms with Crippen molar-refractivity contribution in [1.82, 2.24) is 20.3 Å². The zero-order valence-corrected chi connectivity index (χ0v) is 17.0. The van der Waals surface area contributed by atoms with Crippen LogP contribution in [0.3, 0.4) is 0 Å². The molecule has 1 fully saturated rings. The van der Waals surface area contributed by atoms with Gasteiger partial charge in [0.15, 0.2) is 0 Å². The molecule has 11 heteroatoms. The molecule has 2 aromatic heterocycles. The summed E-state index contributed by atoms with van der Waals surface area (Å²) in [5.41, 5.74) is 3.93. The van der Waals surface area contributed by atoms with Crippen molar-refractivity contribution in [2.45, 2.75) is 32.0 Å². The number of nitrogens with zero attached hydrogens (tertiary/aromatic N) is 3. The number of rotatable bonds is 3. The number of nitrogens with one attached hydrogen (secondary N) is 2. The van der Waals surface area contributed by atoms with Crippen molar-refractivity contribution < 1.29 is 27.8 Å². The van der Waals surface area contributed by atoms with Gasteiger partial charge in [0.2, 0.25) is 5.88 Å². The lowest BCUT2D eigenvalue weighted by Crippen LogP contribution is -2.37. The molecule has 1 atom stereocenters. The molecule has 168 valence electrons. The number of nitriles is 1. The number of aromatic amines is 1. The minimum absolute atomic E-state index is 0.152. The van der Waals surface area contributed by atoms with Gasteiger partial charge in [0, 0.05) is 23.7 Å². The summed E-state index contributed by atoms with van der Waals surface area (Å²) in [5.74, 6) is -2.16. The molecule has 32 heavy (non-hydrogen) atoms. The number of carboxylic acids is 1. The quantitative estimate of drug-likeness (QED) is 0.561. The number of alkyl halides is 3. The zero-order valence-electron chi connectivity index (χ0n) is 17.0. The molecule has 0 amide bonds. The first-order valence-corrected chi connectivity index (χ1v) is 9.72. The number of piperidine rings is 1. The van der Waals surface area contributed by atoms with Crippen LogP contribution in [0.5, 0.6) is 5.88 Å². The Morgan fingerprint density at radius 2 is 2.12 bits per heavy atom. The third kappa shape index (κ3) is 5.33. The number of ether oxygens (including phenoxy) is 1. The molecule has 3 N–H and O–H groups in total. The number of hydrogen-bond acceptors (Lipinski definition) is 6. The lowest BCUT2D eigenvalue weighted by molar-refractivity contribution is -0.192. The van der Waals surface area contributed by atoms with E-state index in [-0.39, 0.29) is 6.10 Å². The Hall–Kier alpha value is -3.65. The fraction of sp³-hybridized carbons (Fsp3) is 0.333. The Morgan fingerprint density at radius 3 is 2.72 bits per heavy atom. The Kier molecular flexibility index (Phi) is 6.95. The summed E-state index contributed by atoms with van der Waals surface area (Å²) in [6, 6.07) is 7.87. The van der Waals surface area contributed by atoms with Gasteiger partial charge >= 0.3 is 12.1 Å². The van der Waals surface area contributed by atoms with Crippen LogP contribution in [0, 0.1) is 18.3 Å². The number of fused-ring (bicyclic) bond motifs is 1. The summed E-state index contributed by atoms with van der Waals surface area (Å²) in [4.78, 5) is 21.2. The predicted octanol–water partition coefficient (Wildman–Crippen LogP) is 3.57. The predicted molar refractivity (Wildman–Crippen MR) is 109 cm³/mol. The van der Waals surface area contributed by atoms with Crippen molar-refractivity contribution in [3.63, 3.8) is 0 Å². The van der Waals surface area contributed by atoms with Crippen molar-refractivity contribution in [2.75, 3.05) is 13.1 Å². The Morgan fingerprint density at radius 1 is 1.38 bits per heavy atom. The third-order valence-electron chi connectivity index (χ3n) is 4.79. The van der Waals surface area contributed by atoms with Gasteiger partial charge in [0.05, 0.1) is 23.0 Å². The van der Waals surface area contributed by atoms with Crippen LogP contribution in [-0.2, 0) is 4.79 Å². The standard InChI is InChI=1S/C19H19N5O.C2HF3O2/c1-12-19(25-14-5-3-7-21-9-14)23-11-17(24-12)16-10-22-18-13(8-20)4-2-6-15(16)18;3-2(4,5)1(6)7/h2,4,6,10-11,14,21-22H,3,5,7,9H2,1H3;(H,6,7). The molecule has 3 heterocycles. The largest absolute Gasteiger partial charge is 0.490 e. The minimum Gasteiger partial charge on any atom is -0.475 e. The van der Waals surface area contributed by atoms with Gasteiger partial charge in [-0.15, -0.1) is 0 Å². The molecule has 0 bridgehead atoms. The molecular formula is C21H20F3N5O3. The van der Waals surface area contributed by atoms with Crippen molar-refractivity contribution in [3.05, 3.63) is 41.9 Å². The van der Waals surface area contributed by atoms with E-state index in [4.69, 9.17) is 14.6 Å². The number of aryl methyl sites for hydroxylation is 1. The molecule has 4 rings (SSSR count). The number of carboxylic acid groups (broad SMARTS) is 1. The highest BCUT2D eigenvalue weighted by atomic mass is 19.4. The number of aliphatic carboxylic acids is 1. The smallest absolute Gasteiger partial charge is 0.475 e. The summed E-state index contributed by atoms with van der Waals surface area (Å²) in [5, 5.41) is 20.7. The molecule has 0 aliphatic carbocycles. The van der Waals surface area contributed by atoms with Crippen molar-refractivity contribution >= 4 is 16.9 Å². The maximum Gasteiger partial charge on any atom is 0.490 e. The second-order valence-electron chi connectivity index (χ2n) is 7.08. The fourth-order valence-electron chi connectivity index (χ4n) is 3.25. The summed E-state index contributed by atoms with van der Waals surface area (Å²) in [6.45, 7) is 3.81. The first kappa shape index (κ1) is 23.0. The van der Waals surface area contributed by atoms with E-state index in [1.54, 1.807) is 12.3 Å². The molecule has 1 aliphatic heterocycles. The highest BCUT2D eigenvalue weighted by Crippen LogP contribution is 2.30. The van der Waals surface area contributed by atoms with E-state index < -0.39 is 12.1 Å². The van der Waals surface area contributed by atoms with E-state index in [9.17, 15) is 18.4 Å². The van der Waals surface area contributed by atoms with Crippen LogP contribution in [0.1, 0.15) is 24.1 Å². The van der Waals surface area contributed by atoms with Gasteiger partial charge in [-0.25, -0.2) is 14.8 Å². The van der Waals surface area contributed by atoms with Crippen molar-refractivity contribution in [1.29, 1.82) is 5.26 Å². The lowest BCUT2D eigenvalue weighted by atomic mass is 10.1. The van der Waals surface area contributed by atoms with E-state index in [1.165, 1.54) is 0 Å². The topological polar surface area (TPSA) is 124 Å². The van der Waals surface area contributed by atoms with Gasteiger partial charge in [0.25, 0.3) is 0 Å². The molecule has 1 aliphatic rings.